The van der Waals surface area contributed by atoms with Gasteiger partial charge in [0.05, 0.1) is 11.6 Å². The van der Waals surface area contributed by atoms with Crippen molar-refractivity contribution in [3.05, 3.63) is 50.8 Å². The Labute approximate surface area is 128 Å². The van der Waals surface area contributed by atoms with Crippen LogP contribution in [-0.2, 0) is 0 Å². The molecule has 1 heterocycles. The van der Waals surface area contributed by atoms with Gasteiger partial charge in [-0.25, -0.2) is 0 Å². The molecule has 1 aromatic heterocycles. The maximum atomic E-state index is 6.08. The molecule has 0 bridgehead atoms. The summed E-state index contributed by atoms with van der Waals surface area (Å²) < 4.78 is 11.8. The summed E-state index contributed by atoms with van der Waals surface area (Å²) in [5.41, 5.74) is 0.922. The molecule has 1 unspecified atom stereocenters. The van der Waals surface area contributed by atoms with Crippen LogP contribution in [0.1, 0.15) is 21.9 Å². The van der Waals surface area contributed by atoms with E-state index in [4.69, 9.17) is 20.8 Å². The fourth-order valence-electron chi connectivity index (χ4n) is 1.73. The third-order valence-corrected chi connectivity index (χ3v) is 4.28. The van der Waals surface area contributed by atoms with Gasteiger partial charge in [-0.2, -0.15) is 0 Å². The van der Waals surface area contributed by atoms with Gasteiger partial charge in [0, 0.05) is 10.6 Å². The maximum Gasteiger partial charge on any atom is 0.137 e. The molecule has 2 rings (SSSR count). The van der Waals surface area contributed by atoms with Crippen LogP contribution in [0.5, 0.6) is 5.75 Å². The second-order valence-electron chi connectivity index (χ2n) is 3.82. The molecule has 0 aliphatic heterocycles. The minimum absolute atomic E-state index is 0.101. The van der Waals surface area contributed by atoms with Crippen LogP contribution in [-0.4, -0.2) is 7.11 Å². The smallest absolute Gasteiger partial charge is 0.137 e. The van der Waals surface area contributed by atoms with Crippen LogP contribution in [0, 0.1) is 6.92 Å². The number of hydrogen-bond acceptors (Lipinski definition) is 2. The van der Waals surface area contributed by atoms with Crippen LogP contribution < -0.4 is 4.74 Å². The SMILES string of the molecule is COc1c(Br)cc(Cl)cc1C(Br)c1ccc(C)o1. The van der Waals surface area contributed by atoms with Gasteiger partial charge in [-0.05, 0) is 47.1 Å². The highest BCUT2D eigenvalue weighted by atomic mass is 79.9. The van der Waals surface area contributed by atoms with E-state index in [0.717, 1.165) is 27.3 Å². The van der Waals surface area contributed by atoms with Crippen molar-refractivity contribution in [2.45, 2.75) is 11.8 Å². The van der Waals surface area contributed by atoms with Gasteiger partial charge in [0.2, 0.25) is 0 Å². The van der Waals surface area contributed by atoms with Crippen LogP contribution in [0.3, 0.4) is 0 Å². The van der Waals surface area contributed by atoms with E-state index in [0.29, 0.717) is 5.02 Å². The lowest BCUT2D eigenvalue weighted by atomic mass is 10.1. The number of furan rings is 1. The molecule has 0 aliphatic rings. The van der Waals surface area contributed by atoms with Crippen molar-refractivity contribution >= 4 is 43.5 Å². The number of methoxy groups -OCH3 is 1. The number of halogens is 3. The highest BCUT2D eigenvalue weighted by molar-refractivity contribution is 9.10. The predicted molar refractivity (Wildman–Crippen MR) is 79.9 cm³/mol. The minimum atomic E-state index is -0.101. The maximum absolute atomic E-state index is 6.08. The summed E-state index contributed by atoms with van der Waals surface area (Å²) in [4.78, 5) is -0.101. The molecule has 0 saturated carbocycles. The van der Waals surface area contributed by atoms with Crippen molar-refractivity contribution in [3.63, 3.8) is 0 Å². The quantitative estimate of drug-likeness (QED) is 0.642. The monoisotopic (exact) mass is 392 g/mol. The molecule has 0 spiro atoms. The summed E-state index contributed by atoms with van der Waals surface area (Å²) >= 11 is 13.1. The molecule has 1 atom stereocenters. The molecule has 18 heavy (non-hydrogen) atoms. The van der Waals surface area contributed by atoms with Crippen LogP contribution >= 0.6 is 43.5 Å². The van der Waals surface area contributed by atoms with Crippen LogP contribution in [0.25, 0.3) is 0 Å². The molecule has 0 saturated heterocycles. The second-order valence-corrected chi connectivity index (χ2v) is 6.03. The summed E-state index contributed by atoms with van der Waals surface area (Å²) in [5, 5.41) is 0.644. The first-order valence-electron chi connectivity index (χ1n) is 5.26. The van der Waals surface area contributed by atoms with Crippen LogP contribution in [0.4, 0.5) is 0 Å². The first kappa shape index (κ1) is 14.0. The van der Waals surface area contributed by atoms with Crippen molar-refractivity contribution in [1.29, 1.82) is 0 Å². The number of alkyl halides is 1. The fourth-order valence-corrected chi connectivity index (χ4v) is 3.31. The van der Waals surface area contributed by atoms with Crippen molar-refractivity contribution in [2.24, 2.45) is 0 Å². The van der Waals surface area contributed by atoms with Gasteiger partial charge in [-0.3, -0.25) is 0 Å². The van der Waals surface area contributed by atoms with Gasteiger partial charge >= 0.3 is 0 Å². The standard InChI is InChI=1S/C13H11Br2ClO2/c1-7-3-4-11(18-7)12(15)9-5-8(16)6-10(14)13(9)17-2/h3-6,12H,1-2H3. The molecular weight excluding hydrogens is 383 g/mol. The molecular formula is C13H11Br2ClO2. The predicted octanol–water partition coefficient (Wildman–Crippen LogP) is 5.50. The zero-order valence-corrected chi connectivity index (χ0v) is 13.8. The lowest BCUT2D eigenvalue weighted by molar-refractivity contribution is 0.405. The zero-order valence-electron chi connectivity index (χ0n) is 9.84. The van der Waals surface area contributed by atoms with Gasteiger partial charge in [0.25, 0.3) is 0 Å². The zero-order chi connectivity index (χ0) is 13.3. The molecule has 0 aliphatic carbocycles. The van der Waals surface area contributed by atoms with Gasteiger partial charge < -0.3 is 9.15 Å². The Kier molecular flexibility index (Phi) is 4.41. The lowest BCUT2D eigenvalue weighted by Crippen LogP contribution is -1.97. The Balaban J connectivity index is 2.49. The Hall–Kier alpha value is -0.450. The van der Waals surface area contributed by atoms with Crippen molar-refractivity contribution in [3.8, 4) is 5.75 Å². The number of rotatable bonds is 3. The summed E-state index contributed by atoms with van der Waals surface area (Å²) in [6.45, 7) is 1.91. The summed E-state index contributed by atoms with van der Waals surface area (Å²) in [6, 6.07) is 7.53. The molecule has 96 valence electrons. The Morgan fingerprint density at radius 3 is 2.61 bits per heavy atom. The third kappa shape index (κ3) is 2.76. The van der Waals surface area contributed by atoms with E-state index in [1.165, 1.54) is 0 Å². The van der Waals surface area contributed by atoms with E-state index >= 15 is 0 Å². The molecule has 0 amide bonds. The molecule has 0 fully saturated rings. The second kappa shape index (κ2) is 5.68. The van der Waals surface area contributed by atoms with Gasteiger partial charge in [-0.15, -0.1) is 0 Å². The normalized spacial score (nSPS) is 12.5. The van der Waals surface area contributed by atoms with E-state index in [1.807, 2.05) is 25.1 Å². The Morgan fingerprint density at radius 2 is 2.06 bits per heavy atom. The first-order chi connectivity index (χ1) is 8.52. The van der Waals surface area contributed by atoms with Crippen molar-refractivity contribution in [2.75, 3.05) is 7.11 Å². The summed E-state index contributed by atoms with van der Waals surface area (Å²) in [5.74, 6) is 2.44. The van der Waals surface area contributed by atoms with Gasteiger partial charge in [0.15, 0.2) is 0 Å². The van der Waals surface area contributed by atoms with E-state index < -0.39 is 0 Å². The Bertz CT molecular complexity index is 566. The van der Waals surface area contributed by atoms with Crippen LogP contribution in [0.2, 0.25) is 5.02 Å². The molecule has 5 heteroatoms. The lowest BCUT2D eigenvalue weighted by Gasteiger charge is -2.14. The number of aryl methyl sites for hydroxylation is 1. The van der Waals surface area contributed by atoms with E-state index in [1.54, 1.807) is 13.2 Å². The molecule has 1 aromatic carbocycles. The van der Waals surface area contributed by atoms with E-state index in [-0.39, 0.29) is 4.83 Å². The molecule has 2 aromatic rings. The van der Waals surface area contributed by atoms with Gasteiger partial charge in [-0.1, -0.05) is 27.5 Å². The van der Waals surface area contributed by atoms with Gasteiger partial charge in [0.1, 0.15) is 22.1 Å². The Morgan fingerprint density at radius 1 is 1.33 bits per heavy atom. The largest absolute Gasteiger partial charge is 0.495 e. The van der Waals surface area contributed by atoms with E-state index in [9.17, 15) is 0 Å². The van der Waals surface area contributed by atoms with E-state index in [2.05, 4.69) is 31.9 Å². The van der Waals surface area contributed by atoms with Crippen molar-refractivity contribution < 1.29 is 9.15 Å². The fraction of sp³-hybridized carbons (Fsp3) is 0.231. The molecule has 2 nitrogen and oxygen atoms in total. The average molecular weight is 394 g/mol. The minimum Gasteiger partial charge on any atom is -0.495 e. The summed E-state index contributed by atoms with van der Waals surface area (Å²) in [7, 11) is 1.63. The number of benzene rings is 1. The average Bonchev–Trinajstić information content (AvgIpc) is 2.74. The number of hydrogen-bond donors (Lipinski definition) is 0. The highest BCUT2D eigenvalue weighted by Gasteiger charge is 2.20. The molecule has 0 N–H and O–H groups in total. The van der Waals surface area contributed by atoms with Crippen molar-refractivity contribution in [1.82, 2.24) is 0 Å². The highest BCUT2D eigenvalue weighted by Crippen LogP contribution is 2.42. The number of ether oxygens (including phenoxy) is 1. The third-order valence-electron chi connectivity index (χ3n) is 2.53. The molecule has 0 radical (unpaired) electrons. The van der Waals surface area contributed by atoms with Crippen LogP contribution in [0.15, 0.2) is 33.2 Å². The summed E-state index contributed by atoms with van der Waals surface area (Å²) in [6.07, 6.45) is 0. The topological polar surface area (TPSA) is 22.4 Å². The first-order valence-corrected chi connectivity index (χ1v) is 7.35.